The molecule has 0 atom stereocenters. The molecule has 0 aliphatic rings. The van der Waals surface area contributed by atoms with Gasteiger partial charge in [-0.25, -0.2) is 9.97 Å². The first-order valence-corrected chi connectivity index (χ1v) is 8.64. The van der Waals surface area contributed by atoms with E-state index in [1.54, 1.807) is 6.20 Å². The van der Waals surface area contributed by atoms with Crippen LogP contribution in [0, 0.1) is 6.92 Å². The van der Waals surface area contributed by atoms with Crippen LogP contribution in [0.1, 0.15) is 32.2 Å². The summed E-state index contributed by atoms with van der Waals surface area (Å²) in [5.41, 5.74) is 2.20. The second-order valence-electron chi connectivity index (χ2n) is 6.80. The van der Waals surface area contributed by atoms with Gasteiger partial charge >= 0.3 is 0 Å². The van der Waals surface area contributed by atoms with Gasteiger partial charge in [0.25, 0.3) is 0 Å². The number of aryl methyl sites for hydroxylation is 1. The van der Waals surface area contributed by atoms with E-state index >= 15 is 0 Å². The van der Waals surface area contributed by atoms with Crippen molar-refractivity contribution in [3.63, 3.8) is 0 Å². The lowest BCUT2D eigenvalue weighted by Gasteiger charge is -2.16. The third-order valence-electron chi connectivity index (χ3n) is 3.64. The smallest absolute Gasteiger partial charge is 0.197 e. The Labute approximate surface area is 146 Å². The van der Waals surface area contributed by atoms with Crippen LogP contribution < -0.4 is 0 Å². The van der Waals surface area contributed by atoms with Gasteiger partial charge in [0.15, 0.2) is 11.0 Å². The number of rotatable bonds is 3. The summed E-state index contributed by atoms with van der Waals surface area (Å²) in [7, 11) is 1.98. The lowest BCUT2D eigenvalue weighted by Crippen LogP contribution is -2.15. The maximum absolute atomic E-state index is 4.64. The molecule has 5 nitrogen and oxygen atoms in total. The summed E-state index contributed by atoms with van der Waals surface area (Å²) in [5, 5.41) is 10.3. The molecular weight excluding hydrogens is 318 g/mol. The number of hydrogen-bond acceptors (Lipinski definition) is 5. The van der Waals surface area contributed by atoms with Crippen LogP contribution in [0.2, 0.25) is 0 Å². The summed E-state index contributed by atoms with van der Waals surface area (Å²) in [5.74, 6) is 1.68. The van der Waals surface area contributed by atoms with E-state index in [2.05, 4.69) is 72.1 Å². The molecule has 0 aliphatic carbocycles. The van der Waals surface area contributed by atoms with Gasteiger partial charge in [-0.1, -0.05) is 50.6 Å². The molecule has 0 saturated heterocycles. The largest absolute Gasteiger partial charge is 0.305 e. The molecule has 0 spiro atoms. The lowest BCUT2D eigenvalue weighted by atomic mass is 9.96. The molecule has 0 fully saturated rings. The second-order valence-corrected chi connectivity index (χ2v) is 7.79. The fourth-order valence-electron chi connectivity index (χ4n) is 2.21. The lowest BCUT2D eigenvalue weighted by molar-refractivity contribution is 0.538. The van der Waals surface area contributed by atoms with Crippen LogP contribution in [0.4, 0.5) is 0 Å². The van der Waals surface area contributed by atoms with Crippen LogP contribution in [0.15, 0.2) is 46.7 Å². The second kappa shape index (κ2) is 6.36. The zero-order valence-corrected chi connectivity index (χ0v) is 15.4. The van der Waals surface area contributed by atoms with Gasteiger partial charge in [0.2, 0.25) is 0 Å². The standard InChI is InChI=1S/C18H21N5S/c1-12-6-8-13(9-7-12)15-21-22-17(23(15)5)24-14-10-11-19-16(20-14)18(2,3)4/h6-11H,1-5H3. The van der Waals surface area contributed by atoms with E-state index in [0.717, 1.165) is 27.4 Å². The maximum atomic E-state index is 4.64. The summed E-state index contributed by atoms with van der Waals surface area (Å²) in [6, 6.07) is 10.2. The monoisotopic (exact) mass is 339 g/mol. The van der Waals surface area contributed by atoms with E-state index in [4.69, 9.17) is 0 Å². The summed E-state index contributed by atoms with van der Waals surface area (Å²) >= 11 is 1.50. The molecule has 0 unspecified atom stereocenters. The van der Waals surface area contributed by atoms with Crippen molar-refractivity contribution in [2.24, 2.45) is 7.05 Å². The average molecular weight is 339 g/mol. The highest BCUT2D eigenvalue weighted by Crippen LogP contribution is 2.28. The minimum atomic E-state index is -0.0798. The SMILES string of the molecule is Cc1ccc(-c2nnc(Sc3ccnc(C(C)(C)C)n3)n2C)cc1. The number of nitrogens with zero attached hydrogens (tertiary/aromatic N) is 5. The number of aromatic nitrogens is 5. The molecule has 0 radical (unpaired) electrons. The first-order chi connectivity index (χ1) is 11.3. The molecule has 0 saturated carbocycles. The van der Waals surface area contributed by atoms with Crippen molar-refractivity contribution < 1.29 is 0 Å². The van der Waals surface area contributed by atoms with Crippen LogP contribution in [0.25, 0.3) is 11.4 Å². The molecule has 24 heavy (non-hydrogen) atoms. The molecular formula is C18H21N5S. The van der Waals surface area contributed by atoms with Crippen molar-refractivity contribution in [1.82, 2.24) is 24.7 Å². The Balaban J connectivity index is 1.88. The topological polar surface area (TPSA) is 56.5 Å². The Morgan fingerprint density at radius 1 is 1.00 bits per heavy atom. The van der Waals surface area contributed by atoms with Crippen molar-refractivity contribution in [3.05, 3.63) is 47.9 Å². The molecule has 0 N–H and O–H groups in total. The van der Waals surface area contributed by atoms with Gasteiger partial charge in [-0.2, -0.15) is 0 Å². The Kier molecular flexibility index (Phi) is 4.41. The van der Waals surface area contributed by atoms with Crippen molar-refractivity contribution in [2.45, 2.75) is 43.3 Å². The van der Waals surface area contributed by atoms with E-state index in [1.807, 2.05) is 17.7 Å². The normalized spacial score (nSPS) is 11.7. The zero-order valence-electron chi connectivity index (χ0n) is 14.6. The molecule has 2 heterocycles. The van der Waals surface area contributed by atoms with Gasteiger partial charge in [0, 0.05) is 24.2 Å². The maximum Gasteiger partial charge on any atom is 0.197 e. The van der Waals surface area contributed by atoms with Crippen LogP contribution in [-0.4, -0.2) is 24.7 Å². The highest BCUT2D eigenvalue weighted by molar-refractivity contribution is 7.99. The fourth-order valence-corrected chi connectivity index (χ4v) is 2.96. The van der Waals surface area contributed by atoms with Gasteiger partial charge in [-0.15, -0.1) is 10.2 Å². The first-order valence-electron chi connectivity index (χ1n) is 7.82. The van der Waals surface area contributed by atoms with Gasteiger partial charge < -0.3 is 4.57 Å². The summed E-state index contributed by atoms with van der Waals surface area (Å²) in [4.78, 5) is 9.01. The van der Waals surface area contributed by atoms with Crippen LogP contribution in [0.5, 0.6) is 0 Å². The van der Waals surface area contributed by atoms with Crippen LogP contribution in [0.3, 0.4) is 0 Å². The van der Waals surface area contributed by atoms with E-state index in [0.29, 0.717) is 0 Å². The molecule has 1 aromatic carbocycles. The highest BCUT2D eigenvalue weighted by atomic mass is 32.2. The van der Waals surface area contributed by atoms with Crippen molar-refractivity contribution in [2.75, 3.05) is 0 Å². The quantitative estimate of drug-likeness (QED) is 0.674. The highest BCUT2D eigenvalue weighted by Gasteiger charge is 2.18. The van der Waals surface area contributed by atoms with Crippen LogP contribution >= 0.6 is 11.8 Å². The van der Waals surface area contributed by atoms with Crippen LogP contribution in [-0.2, 0) is 12.5 Å². The third-order valence-corrected chi connectivity index (χ3v) is 4.62. The Morgan fingerprint density at radius 3 is 2.38 bits per heavy atom. The third kappa shape index (κ3) is 3.48. The minimum Gasteiger partial charge on any atom is -0.305 e. The van der Waals surface area contributed by atoms with Gasteiger partial charge in [-0.05, 0) is 24.8 Å². The molecule has 3 aromatic rings. The molecule has 124 valence electrons. The average Bonchev–Trinajstić information content (AvgIpc) is 2.89. The van der Waals surface area contributed by atoms with E-state index in [1.165, 1.54) is 17.3 Å². The molecule has 6 heteroatoms. The van der Waals surface area contributed by atoms with Crippen molar-refractivity contribution >= 4 is 11.8 Å². The van der Waals surface area contributed by atoms with Crippen molar-refractivity contribution in [1.29, 1.82) is 0 Å². The predicted molar refractivity (Wildman–Crippen MR) is 96.0 cm³/mol. The first kappa shape index (κ1) is 16.6. The Morgan fingerprint density at radius 2 is 1.71 bits per heavy atom. The number of benzene rings is 1. The van der Waals surface area contributed by atoms with Crippen molar-refractivity contribution in [3.8, 4) is 11.4 Å². The van der Waals surface area contributed by atoms with E-state index in [-0.39, 0.29) is 5.41 Å². The van der Waals surface area contributed by atoms with Gasteiger partial charge in [0.05, 0.1) is 0 Å². The number of hydrogen-bond donors (Lipinski definition) is 0. The summed E-state index contributed by atoms with van der Waals surface area (Å²) < 4.78 is 1.99. The fraction of sp³-hybridized carbons (Fsp3) is 0.333. The predicted octanol–water partition coefficient (Wildman–Crippen LogP) is 4.03. The molecule has 0 aliphatic heterocycles. The Hall–Kier alpha value is -2.21. The van der Waals surface area contributed by atoms with Gasteiger partial charge in [-0.3, -0.25) is 0 Å². The minimum absolute atomic E-state index is 0.0798. The van der Waals surface area contributed by atoms with E-state index < -0.39 is 0 Å². The zero-order chi connectivity index (χ0) is 17.3. The molecule has 0 amide bonds. The molecule has 3 rings (SSSR count). The summed E-state index contributed by atoms with van der Waals surface area (Å²) in [6.45, 7) is 8.39. The van der Waals surface area contributed by atoms with Gasteiger partial charge in [0.1, 0.15) is 10.9 Å². The molecule has 2 aromatic heterocycles. The summed E-state index contributed by atoms with van der Waals surface area (Å²) in [6.07, 6.45) is 1.80. The van der Waals surface area contributed by atoms with E-state index in [9.17, 15) is 0 Å². The Bertz CT molecular complexity index is 847. The molecule has 0 bridgehead atoms.